The van der Waals surface area contributed by atoms with Crippen molar-refractivity contribution in [2.75, 3.05) is 45.4 Å². The highest BCUT2D eigenvalue weighted by Gasteiger charge is 2.30. The number of ether oxygens (including phenoxy) is 2. The highest BCUT2D eigenvalue weighted by Crippen LogP contribution is 2.29. The minimum atomic E-state index is -3.45. The number of rotatable bonds is 6. The van der Waals surface area contributed by atoms with Gasteiger partial charge in [-0.05, 0) is 45.1 Å². The minimum Gasteiger partial charge on any atom is -0.493 e. The molecule has 2 rings (SSSR count). The highest BCUT2D eigenvalue weighted by atomic mass is 32.2. The Hall–Kier alpha value is -1.80. The first kappa shape index (κ1) is 18.5. The van der Waals surface area contributed by atoms with Crippen LogP contribution in [0.1, 0.15) is 12.8 Å². The van der Waals surface area contributed by atoms with Crippen molar-refractivity contribution in [2.24, 2.45) is 0 Å². The molecule has 0 saturated carbocycles. The monoisotopic (exact) mass is 356 g/mol. The summed E-state index contributed by atoms with van der Waals surface area (Å²) >= 11 is 0. The number of sulfone groups is 1. The molecule has 1 aliphatic heterocycles. The number of benzene rings is 1. The Morgan fingerprint density at radius 2 is 1.83 bits per heavy atom. The van der Waals surface area contributed by atoms with Crippen LogP contribution < -0.4 is 14.8 Å². The first-order valence-electron chi connectivity index (χ1n) is 7.77. The summed E-state index contributed by atoms with van der Waals surface area (Å²) in [6.45, 7) is 1.47. The van der Waals surface area contributed by atoms with Crippen molar-refractivity contribution in [2.45, 2.75) is 18.1 Å². The van der Waals surface area contributed by atoms with Crippen molar-refractivity contribution in [1.29, 1.82) is 0 Å². The molecule has 0 bridgehead atoms. The van der Waals surface area contributed by atoms with Crippen LogP contribution in [0.5, 0.6) is 11.5 Å². The van der Waals surface area contributed by atoms with Crippen LogP contribution in [0.4, 0.5) is 5.69 Å². The molecule has 0 spiro atoms. The molecular formula is C16H24N2O5S. The third-order valence-electron chi connectivity index (χ3n) is 4.17. The van der Waals surface area contributed by atoms with Gasteiger partial charge in [0.15, 0.2) is 21.3 Å². The SMILES string of the molecule is COc1ccc(NC(=O)CS(=O)(=O)C2CCN(C)CC2)cc1OC. The van der Waals surface area contributed by atoms with E-state index in [1.54, 1.807) is 18.2 Å². The first-order chi connectivity index (χ1) is 11.4. The quantitative estimate of drug-likeness (QED) is 0.823. The van der Waals surface area contributed by atoms with E-state index in [9.17, 15) is 13.2 Å². The lowest BCUT2D eigenvalue weighted by Crippen LogP contribution is -2.39. The van der Waals surface area contributed by atoms with Gasteiger partial charge in [0.25, 0.3) is 0 Å². The number of methoxy groups -OCH3 is 2. The molecule has 0 atom stereocenters. The lowest BCUT2D eigenvalue weighted by molar-refractivity contribution is -0.113. The number of anilines is 1. The van der Waals surface area contributed by atoms with E-state index >= 15 is 0 Å². The number of nitrogens with zero attached hydrogens (tertiary/aromatic N) is 1. The van der Waals surface area contributed by atoms with Gasteiger partial charge in [-0.2, -0.15) is 0 Å². The van der Waals surface area contributed by atoms with Gasteiger partial charge >= 0.3 is 0 Å². The molecule has 24 heavy (non-hydrogen) atoms. The number of piperidine rings is 1. The Balaban J connectivity index is 2.00. The second-order valence-electron chi connectivity index (χ2n) is 5.93. The third-order valence-corrected chi connectivity index (χ3v) is 6.32. The standard InChI is InChI=1S/C16H24N2O5S/c1-18-8-6-13(7-9-18)24(20,21)11-16(19)17-12-4-5-14(22-2)15(10-12)23-3/h4-5,10,13H,6-9,11H2,1-3H3,(H,17,19). The van der Waals surface area contributed by atoms with Crippen molar-refractivity contribution in [1.82, 2.24) is 4.90 Å². The van der Waals surface area contributed by atoms with Gasteiger partial charge in [-0.1, -0.05) is 0 Å². The molecule has 1 aliphatic rings. The van der Waals surface area contributed by atoms with Gasteiger partial charge in [-0.3, -0.25) is 4.79 Å². The van der Waals surface area contributed by atoms with Crippen molar-refractivity contribution >= 4 is 21.4 Å². The van der Waals surface area contributed by atoms with E-state index in [1.807, 2.05) is 7.05 Å². The van der Waals surface area contributed by atoms with Crippen LogP contribution in [0.2, 0.25) is 0 Å². The molecule has 134 valence electrons. The molecule has 1 heterocycles. The van der Waals surface area contributed by atoms with E-state index in [1.165, 1.54) is 14.2 Å². The number of likely N-dealkylation sites (tertiary alicyclic amines) is 1. The van der Waals surface area contributed by atoms with Crippen LogP contribution in [0.15, 0.2) is 18.2 Å². The lowest BCUT2D eigenvalue weighted by atomic mass is 10.1. The van der Waals surface area contributed by atoms with E-state index in [0.29, 0.717) is 30.0 Å². The predicted octanol–water partition coefficient (Wildman–Crippen LogP) is 1.15. The summed E-state index contributed by atoms with van der Waals surface area (Å²) in [4.78, 5) is 14.2. The van der Waals surface area contributed by atoms with E-state index in [4.69, 9.17) is 9.47 Å². The van der Waals surface area contributed by atoms with Gasteiger partial charge in [0, 0.05) is 11.8 Å². The Labute approximate surface area is 142 Å². The van der Waals surface area contributed by atoms with Gasteiger partial charge in [0.1, 0.15) is 5.75 Å². The van der Waals surface area contributed by atoms with Crippen LogP contribution in [0.3, 0.4) is 0 Å². The van der Waals surface area contributed by atoms with Crippen LogP contribution >= 0.6 is 0 Å². The molecule has 1 N–H and O–H groups in total. The fraction of sp³-hybridized carbons (Fsp3) is 0.562. The molecule has 0 radical (unpaired) electrons. The van der Waals surface area contributed by atoms with E-state index < -0.39 is 26.7 Å². The number of nitrogens with one attached hydrogen (secondary N) is 1. The molecule has 1 saturated heterocycles. The summed E-state index contributed by atoms with van der Waals surface area (Å²) in [7, 11) is 1.53. The van der Waals surface area contributed by atoms with Gasteiger partial charge < -0.3 is 19.7 Å². The number of hydrogen-bond acceptors (Lipinski definition) is 6. The number of carbonyl (C=O) groups is 1. The average Bonchev–Trinajstić information content (AvgIpc) is 2.54. The van der Waals surface area contributed by atoms with Gasteiger partial charge in [0.2, 0.25) is 5.91 Å². The Bertz CT molecular complexity index is 682. The average molecular weight is 356 g/mol. The molecule has 0 aromatic heterocycles. The van der Waals surface area contributed by atoms with E-state index in [-0.39, 0.29) is 0 Å². The fourth-order valence-corrected chi connectivity index (χ4v) is 4.36. The zero-order valence-corrected chi connectivity index (χ0v) is 15.1. The molecule has 0 unspecified atom stereocenters. The fourth-order valence-electron chi connectivity index (χ4n) is 2.76. The zero-order valence-electron chi connectivity index (χ0n) is 14.2. The van der Waals surface area contributed by atoms with Crippen molar-refractivity contribution in [3.05, 3.63) is 18.2 Å². The highest BCUT2D eigenvalue weighted by molar-refractivity contribution is 7.92. The van der Waals surface area contributed by atoms with Crippen LogP contribution in [0.25, 0.3) is 0 Å². The van der Waals surface area contributed by atoms with Crippen molar-refractivity contribution in [3.63, 3.8) is 0 Å². The zero-order chi connectivity index (χ0) is 17.7. The maximum Gasteiger partial charge on any atom is 0.239 e. The Morgan fingerprint density at radius 3 is 2.42 bits per heavy atom. The number of hydrogen-bond donors (Lipinski definition) is 1. The van der Waals surface area contributed by atoms with E-state index in [2.05, 4.69) is 10.2 Å². The maximum absolute atomic E-state index is 12.4. The first-order valence-corrected chi connectivity index (χ1v) is 9.49. The summed E-state index contributed by atoms with van der Waals surface area (Å²) in [5.41, 5.74) is 0.469. The van der Waals surface area contributed by atoms with Crippen LogP contribution in [-0.4, -0.2) is 64.6 Å². The topological polar surface area (TPSA) is 84.9 Å². The summed E-state index contributed by atoms with van der Waals surface area (Å²) in [5.74, 6) is -0.0421. The minimum absolute atomic E-state index is 0.440. The van der Waals surface area contributed by atoms with Gasteiger partial charge in [-0.15, -0.1) is 0 Å². The molecule has 0 aliphatic carbocycles. The molecule has 8 heteroatoms. The Morgan fingerprint density at radius 1 is 1.21 bits per heavy atom. The molecular weight excluding hydrogens is 332 g/mol. The third kappa shape index (κ3) is 4.61. The van der Waals surface area contributed by atoms with E-state index in [0.717, 1.165) is 13.1 Å². The molecule has 1 aromatic rings. The molecule has 1 fully saturated rings. The molecule has 1 aromatic carbocycles. The predicted molar refractivity (Wildman–Crippen MR) is 92.5 cm³/mol. The van der Waals surface area contributed by atoms with Gasteiger partial charge in [0.05, 0.1) is 19.5 Å². The largest absolute Gasteiger partial charge is 0.493 e. The van der Waals surface area contributed by atoms with Gasteiger partial charge in [-0.25, -0.2) is 8.42 Å². The van der Waals surface area contributed by atoms with Crippen LogP contribution in [0, 0.1) is 0 Å². The maximum atomic E-state index is 12.4. The summed E-state index contributed by atoms with van der Waals surface area (Å²) in [6.07, 6.45) is 1.14. The number of amides is 1. The molecule has 7 nitrogen and oxygen atoms in total. The molecule has 1 amide bonds. The normalized spacial score (nSPS) is 16.6. The van der Waals surface area contributed by atoms with Crippen LogP contribution in [-0.2, 0) is 14.6 Å². The van der Waals surface area contributed by atoms with Crippen molar-refractivity contribution in [3.8, 4) is 11.5 Å². The lowest BCUT2D eigenvalue weighted by Gasteiger charge is -2.28. The smallest absolute Gasteiger partial charge is 0.239 e. The second kappa shape index (κ2) is 7.85. The second-order valence-corrected chi connectivity index (χ2v) is 8.21. The van der Waals surface area contributed by atoms with Crippen molar-refractivity contribution < 1.29 is 22.7 Å². The number of carbonyl (C=O) groups excluding carboxylic acids is 1. The summed E-state index contributed by atoms with van der Waals surface area (Å²) in [5, 5.41) is 2.17. The Kier molecular flexibility index (Phi) is 6.06. The summed E-state index contributed by atoms with van der Waals surface area (Å²) < 4.78 is 35.1. The summed E-state index contributed by atoms with van der Waals surface area (Å²) in [6, 6.07) is 4.89.